The zero-order valence-electron chi connectivity index (χ0n) is 16.0. The number of carbonyl (C=O) groups excluding carboxylic acids is 1. The quantitative estimate of drug-likeness (QED) is 0.793. The lowest BCUT2D eigenvalue weighted by Crippen LogP contribution is -2.61. The standard InChI is InChI=1S/C20H21F3N4O2/c1-11-7-8-13(12(2)9-11)16-10-17(25-24-16)18(28)27-19(29,20(21,22)23)14-5-3-4-6-15(14)26-27/h7-10,14,29H,3-6H2,1-2H3,(H,24,25)/t14-,19+/m1/s1. The van der Waals surface area contributed by atoms with Crippen molar-refractivity contribution in [2.75, 3.05) is 0 Å². The molecule has 1 amide bonds. The molecule has 4 rings (SSSR count). The minimum absolute atomic E-state index is 0.134. The largest absolute Gasteiger partial charge is 0.439 e. The first-order valence-corrected chi connectivity index (χ1v) is 9.47. The van der Waals surface area contributed by atoms with Gasteiger partial charge in [0.1, 0.15) is 5.69 Å². The van der Waals surface area contributed by atoms with Gasteiger partial charge in [0.05, 0.1) is 11.6 Å². The molecule has 1 aliphatic heterocycles. The number of amides is 1. The van der Waals surface area contributed by atoms with E-state index >= 15 is 0 Å². The van der Waals surface area contributed by atoms with Crippen molar-refractivity contribution in [3.63, 3.8) is 0 Å². The van der Waals surface area contributed by atoms with Crippen LogP contribution in [0.4, 0.5) is 13.2 Å². The normalized spacial score (nSPS) is 24.4. The Hall–Kier alpha value is -2.68. The number of carbonyl (C=O) groups is 1. The molecule has 154 valence electrons. The van der Waals surface area contributed by atoms with Crippen molar-refractivity contribution >= 4 is 11.6 Å². The molecule has 0 saturated heterocycles. The zero-order chi connectivity index (χ0) is 21.0. The van der Waals surface area contributed by atoms with Crippen molar-refractivity contribution in [3.8, 4) is 11.3 Å². The second kappa shape index (κ2) is 6.69. The Morgan fingerprint density at radius 2 is 2.03 bits per heavy atom. The van der Waals surface area contributed by atoms with Crippen LogP contribution in [0.3, 0.4) is 0 Å². The minimum Gasteiger partial charge on any atom is -0.362 e. The molecule has 9 heteroatoms. The molecule has 1 aliphatic carbocycles. The molecule has 1 fully saturated rings. The third kappa shape index (κ3) is 3.04. The van der Waals surface area contributed by atoms with Gasteiger partial charge in [0.15, 0.2) is 0 Å². The van der Waals surface area contributed by atoms with Crippen LogP contribution in [-0.2, 0) is 0 Å². The number of halogens is 3. The van der Waals surface area contributed by atoms with Crippen LogP contribution in [0.5, 0.6) is 0 Å². The van der Waals surface area contributed by atoms with E-state index in [1.54, 1.807) is 0 Å². The Bertz CT molecular complexity index is 998. The van der Waals surface area contributed by atoms with Crippen molar-refractivity contribution < 1.29 is 23.1 Å². The lowest BCUT2D eigenvalue weighted by Gasteiger charge is -2.37. The first kappa shape index (κ1) is 19.6. The van der Waals surface area contributed by atoms with Crippen LogP contribution in [0.25, 0.3) is 11.3 Å². The summed E-state index contributed by atoms with van der Waals surface area (Å²) in [7, 11) is 0. The maximum atomic E-state index is 13.9. The highest BCUT2D eigenvalue weighted by Crippen LogP contribution is 2.48. The molecule has 6 nitrogen and oxygen atoms in total. The van der Waals surface area contributed by atoms with Gasteiger partial charge in [-0.15, -0.1) is 0 Å². The van der Waals surface area contributed by atoms with Crippen LogP contribution >= 0.6 is 0 Å². The lowest BCUT2D eigenvalue weighted by atomic mass is 9.80. The Morgan fingerprint density at radius 3 is 2.72 bits per heavy atom. The fourth-order valence-electron chi connectivity index (χ4n) is 4.20. The SMILES string of the molecule is Cc1ccc(-c2cc(C(=O)N3N=C4CCCC[C@H]4[C@]3(O)C(F)(F)F)[nH]n2)c(C)c1. The fraction of sp³-hybridized carbons (Fsp3) is 0.450. The molecule has 29 heavy (non-hydrogen) atoms. The highest BCUT2D eigenvalue weighted by Gasteiger charge is 2.68. The number of alkyl halides is 3. The average molecular weight is 406 g/mol. The van der Waals surface area contributed by atoms with Crippen LogP contribution < -0.4 is 0 Å². The summed E-state index contributed by atoms with van der Waals surface area (Å²) in [6.07, 6.45) is -3.33. The molecule has 0 unspecified atom stereocenters. The zero-order valence-corrected chi connectivity index (χ0v) is 16.0. The summed E-state index contributed by atoms with van der Waals surface area (Å²) in [5.74, 6) is -2.29. The molecular formula is C20H21F3N4O2. The van der Waals surface area contributed by atoms with Crippen molar-refractivity contribution in [1.82, 2.24) is 15.2 Å². The van der Waals surface area contributed by atoms with Crippen molar-refractivity contribution in [3.05, 3.63) is 41.1 Å². The molecule has 2 N–H and O–H groups in total. The second-order valence-corrected chi connectivity index (χ2v) is 7.72. The van der Waals surface area contributed by atoms with Gasteiger partial charge in [0.25, 0.3) is 11.6 Å². The highest BCUT2D eigenvalue weighted by molar-refractivity contribution is 5.99. The average Bonchev–Trinajstić information content (AvgIpc) is 3.25. The molecule has 1 saturated carbocycles. The van der Waals surface area contributed by atoms with E-state index < -0.39 is 23.7 Å². The summed E-state index contributed by atoms with van der Waals surface area (Å²) in [4.78, 5) is 12.9. The van der Waals surface area contributed by atoms with Crippen molar-refractivity contribution in [1.29, 1.82) is 0 Å². The number of fused-ring (bicyclic) bond motifs is 1. The third-order valence-corrected chi connectivity index (χ3v) is 5.69. The van der Waals surface area contributed by atoms with Crippen LogP contribution in [0.2, 0.25) is 0 Å². The number of H-pyrrole nitrogens is 1. The summed E-state index contributed by atoms with van der Waals surface area (Å²) in [6.45, 7) is 3.83. The summed E-state index contributed by atoms with van der Waals surface area (Å²) in [6, 6.07) is 7.06. The van der Waals surface area contributed by atoms with E-state index in [9.17, 15) is 23.1 Å². The van der Waals surface area contributed by atoms with Gasteiger partial charge < -0.3 is 5.11 Å². The number of aliphatic hydroxyl groups is 1. The monoisotopic (exact) mass is 406 g/mol. The van der Waals surface area contributed by atoms with Gasteiger partial charge in [0, 0.05) is 11.3 Å². The third-order valence-electron chi connectivity index (χ3n) is 5.69. The number of hydrogen-bond donors (Lipinski definition) is 2. The number of hydrazone groups is 1. The molecule has 0 radical (unpaired) electrons. The number of nitrogens with zero attached hydrogens (tertiary/aromatic N) is 3. The predicted molar refractivity (Wildman–Crippen MR) is 100 cm³/mol. The Balaban J connectivity index is 1.70. The van der Waals surface area contributed by atoms with Gasteiger partial charge in [0.2, 0.25) is 0 Å². The number of rotatable bonds is 2. The number of aryl methyl sites for hydroxylation is 2. The Morgan fingerprint density at radius 1 is 1.28 bits per heavy atom. The van der Waals surface area contributed by atoms with Crippen LogP contribution in [0, 0.1) is 19.8 Å². The molecule has 2 heterocycles. The van der Waals surface area contributed by atoms with E-state index in [0.717, 1.165) is 16.7 Å². The van der Waals surface area contributed by atoms with Crippen LogP contribution in [0.1, 0.15) is 47.3 Å². The number of aromatic nitrogens is 2. The fourth-order valence-corrected chi connectivity index (χ4v) is 4.20. The van der Waals surface area contributed by atoms with Gasteiger partial charge in [-0.25, -0.2) is 0 Å². The number of nitrogens with one attached hydrogen (secondary N) is 1. The van der Waals surface area contributed by atoms with E-state index in [-0.39, 0.29) is 22.8 Å². The van der Waals surface area contributed by atoms with E-state index in [1.807, 2.05) is 32.0 Å². The van der Waals surface area contributed by atoms with Gasteiger partial charge in [-0.3, -0.25) is 9.89 Å². The molecule has 0 spiro atoms. The number of hydrogen-bond acceptors (Lipinski definition) is 4. The van der Waals surface area contributed by atoms with Gasteiger partial charge in [-0.05, 0) is 44.7 Å². The van der Waals surface area contributed by atoms with Crippen molar-refractivity contribution in [2.45, 2.75) is 51.4 Å². The topological polar surface area (TPSA) is 81.6 Å². The first-order valence-electron chi connectivity index (χ1n) is 9.47. The Kier molecular flexibility index (Phi) is 4.53. The van der Waals surface area contributed by atoms with E-state index in [2.05, 4.69) is 15.3 Å². The summed E-state index contributed by atoms with van der Waals surface area (Å²) >= 11 is 0. The number of benzene rings is 1. The molecule has 2 aromatic rings. The smallest absolute Gasteiger partial charge is 0.362 e. The number of aromatic amines is 1. The summed E-state index contributed by atoms with van der Waals surface area (Å²) in [5.41, 5.74) is -0.1000. The Labute approximate surface area is 165 Å². The maximum Gasteiger partial charge on any atom is 0.439 e. The van der Waals surface area contributed by atoms with E-state index in [4.69, 9.17) is 0 Å². The van der Waals surface area contributed by atoms with E-state index in [1.165, 1.54) is 6.07 Å². The van der Waals surface area contributed by atoms with E-state index in [0.29, 0.717) is 25.0 Å². The minimum atomic E-state index is -5.04. The van der Waals surface area contributed by atoms with Gasteiger partial charge >= 0.3 is 6.18 Å². The summed E-state index contributed by atoms with van der Waals surface area (Å²) < 4.78 is 41.6. The molecule has 2 atom stereocenters. The second-order valence-electron chi connectivity index (χ2n) is 7.72. The van der Waals surface area contributed by atoms with Crippen LogP contribution in [-0.4, -0.2) is 43.8 Å². The molecular weight excluding hydrogens is 385 g/mol. The van der Waals surface area contributed by atoms with Crippen molar-refractivity contribution in [2.24, 2.45) is 11.0 Å². The first-order chi connectivity index (χ1) is 13.6. The summed E-state index contributed by atoms with van der Waals surface area (Å²) in [5, 5.41) is 21.3. The molecule has 0 bridgehead atoms. The maximum absolute atomic E-state index is 13.9. The molecule has 1 aromatic heterocycles. The molecule has 1 aromatic carbocycles. The lowest BCUT2D eigenvalue weighted by molar-refractivity contribution is -0.312. The van der Waals surface area contributed by atoms with Crippen LogP contribution in [0.15, 0.2) is 29.4 Å². The molecule has 2 aliphatic rings. The van der Waals surface area contributed by atoms with Gasteiger partial charge in [-0.1, -0.05) is 30.2 Å². The predicted octanol–water partition coefficient (Wildman–Crippen LogP) is 3.95. The van der Waals surface area contributed by atoms with Gasteiger partial charge in [-0.2, -0.15) is 28.4 Å². The highest BCUT2D eigenvalue weighted by atomic mass is 19.4.